The van der Waals surface area contributed by atoms with Gasteiger partial charge in [-0.2, -0.15) is 12.6 Å². The fourth-order valence-electron chi connectivity index (χ4n) is 2.61. The molecule has 0 bridgehead atoms. The first-order valence-electron chi connectivity index (χ1n) is 9.45. The zero-order valence-corrected chi connectivity index (χ0v) is 18.5. The van der Waals surface area contributed by atoms with Gasteiger partial charge in [-0.15, -0.1) is 0 Å². The molecule has 0 fully saturated rings. The molecule has 0 aliphatic carbocycles. The van der Waals surface area contributed by atoms with Gasteiger partial charge in [0.05, 0.1) is 6.21 Å². The maximum atomic E-state index is 14.3. The summed E-state index contributed by atoms with van der Waals surface area (Å²) >= 11 is 4.25. The molecular formula is C22H35FN4S. The average Bonchev–Trinajstić information content (AvgIpc) is 2.66. The van der Waals surface area contributed by atoms with Gasteiger partial charge in [-0.3, -0.25) is 9.98 Å². The monoisotopic (exact) mass is 406 g/mol. The fraction of sp³-hybridized carbons (Fsp3) is 0.455. The van der Waals surface area contributed by atoms with Crippen LogP contribution in [0.5, 0.6) is 0 Å². The van der Waals surface area contributed by atoms with Crippen molar-refractivity contribution in [3.05, 3.63) is 60.9 Å². The Kier molecular flexibility index (Phi) is 14.7. The molecule has 4 nitrogen and oxygen atoms in total. The lowest BCUT2D eigenvalue weighted by atomic mass is 9.96. The van der Waals surface area contributed by atoms with Gasteiger partial charge in [0.1, 0.15) is 11.5 Å². The number of rotatable bonds is 14. The van der Waals surface area contributed by atoms with Crippen molar-refractivity contribution in [2.24, 2.45) is 15.9 Å². The minimum absolute atomic E-state index is 0.179. The van der Waals surface area contributed by atoms with E-state index in [1.54, 1.807) is 0 Å². The summed E-state index contributed by atoms with van der Waals surface area (Å²) < 4.78 is 14.3. The molecule has 0 aromatic heterocycles. The Labute approximate surface area is 175 Å². The standard InChI is InChI=1S/C22H35FN4S/c1-7-20(24-5)15-19(11-9-10-12-28)13-17(3)27-18(4)14-21(23)22(25-6)16-26-8-2/h7-9,11,14,16,18-19,24,27-28H,2-3,10,12-13,15H2,1,4-6H3/b11-9+,20-7-,21-14+,25-22-,26-16+. The van der Waals surface area contributed by atoms with Crippen LogP contribution in [0.4, 0.5) is 4.39 Å². The first-order chi connectivity index (χ1) is 13.4. The highest BCUT2D eigenvalue weighted by atomic mass is 32.1. The molecule has 2 unspecified atom stereocenters. The van der Waals surface area contributed by atoms with Gasteiger partial charge in [-0.05, 0) is 50.9 Å². The molecule has 0 amide bonds. The Bertz CT molecular complexity index is 632. The minimum atomic E-state index is -0.433. The van der Waals surface area contributed by atoms with Crippen LogP contribution in [0.25, 0.3) is 0 Å². The lowest BCUT2D eigenvalue weighted by molar-refractivity contribution is 0.568. The van der Waals surface area contributed by atoms with Crippen molar-refractivity contribution in [3.8, 4) is 0 Å². The van der Waals surface area contributed by atoms with E-state index in [9.17, 15) is 4.39 Å². The number of nitrogens with one attached hydrogen (secondary N) is 2. The number of nitrogens with zero attached hydrogens (tertiary/aromatic N) is 2. The van der Waals surface area contributed by atoms with E-state index in [2.05, 4.69) is 64.6 Å². The first kappa shape index (κ1) is 25.9. The molecule has 0 aromatic carbocycles. The van der Waals surface area contributed by atoms with Gasteiger partial charge >= 0.3 is 0 Å². The topological polar surface area (TPSA) is 48.8 Å². The molecule has 0 heterocycles. The van der Waals surface area contributed by atoms with Gasteiger partial charge in [0.25, 0.3) is 0 Å². The van der Waals surface area contributed by atoms with Crippen LogP contribution in [-0.2, 0) is 0 Å². The van der Waals surface area contributed by atoms with E-state index in [1.807, 2.05) is 20.9 Å². The summed E-state index contributed by atoms with van der Waals surface area (Å²) in [6, 6.07) is -0.228. The van der Waals surface area contributed by atoms with Crippen molar-refractivity contribution >= 4 is 24.6 Å². The summed E-state index contributed by atoms with van der Waals surface area (Å²) in [4.78, 5) is 7.71. The number of hydrogen-bond donors (Lipinski definition) is 3. The Balaban J connectivity index is 5.00. The molecule has 0 rings (SSSR count). The predicted molar refractivity (Wildman–Crippen MR) is 126 cm³/mol. The van der Waals surface area contributed by atoms with Crippen LogP contribution in [0.2, 0.25) is 0 Å². The van der Waals surface area contributed by atoms with E-state index < -0.39 is 5.83 Å². The van der Waals surface area contributed by atoms with Gasteiger partial charge in [-0.1, -0.05) is 31.4 Å². The predicted octanol–water partition coefficient (Wildman–Crippen LogP) is 5.01. The highest BCUT2D eigenvalue weighted by molar-refractivity contribution is 7.80. The molecule has 0 aliphatic heterocycles. The molecule has 2 N–H and O–H groups in total. The van der Waals surface area contributed by atoms with Gasteiger partial charge in [0, 0.05) is 37.7 Å². The van der Waals surface area contributed by atoms with Crippen molar-refractivity contribution < 1.29 is 4.39 Å². The molecule has 0 aromatic rings. The van der Waals surface area contributed by atoms with E-state index in [4.69, 9.17) is 0 Å². The zero-order chi connectivity index (χ0) is 21.4. The molecule has 28 heavy (non-hydrogen) atoms. The minimum Gasteiger partial charge on any atom is -0.392 e. The van der Waals surface area contributed by atoms with Crippen LogP contribution in [0.1, 0.15) is 33.1 Å². The van der Waals surface area contributed by atoms with Gasteiger partial charge in [0.2, 0.25) is 0 Å². The van der Waals surface area contributed by atoms with Crippen LogP contribution in [0.15, 0.2) is 70.9 Å². The van der Waals surface area contributed by atoms with Crippen LogP contribution < -0.4 is 10.6 Å². The van der Waals surface area contributed by atoms with Crippen molar-refractivity contribution in [2.75, 3.05) is 19.8 Å². The first-order valence-corrected chi connectivity index (χ1v) is 10.1. The molecule has 0 radical (unpaired) electrons. The van der Waals surface area contributed by atoms with Gasteiger partial charge < -0.3 is 10.6 Å². The smallest absolute Gasteiger partial charge is 0.147 e. The number of allylic oxidation sites excluding steroid dienone is 6. The Hall–Kier alpha value is -2.08. The van der Waals surface area contributed by atoms with Crippen molar-refractivity contribution in [1.82, 2.24) is 10.6 Å². The average molecular weight is 407 g/mol. The number of hydrogen-bond acceptors (Lipinski definition) is 5. The van der Waals surface area contributed by atoms with Crippen molar-refractivity contribution in [2.45, 2.75) is 39.2 Å². The summed E-state index contributed by atoms with van der Waals surface area (Å²) in [6.45, 7) is 11.5. The molecule has 0 saturated heterocycles. The van der Waals surface area contributed by atoms with Crippen LogP contribution >= 0.6 is 12.6 Å². The van der Waals surface area contributed by atoms with E-state index in [0.717, 1.165) is 30.7 Å². The van der Waals surface area contributed by atoms with Crippen molar-refractivity contribution in [3.63, 3.8) is 0 Å². The molecule has 6 heteroatoms. The molecule has 0 aliphatic rings. The summed E-state index contributed by atoms with van der Waals surface area (Å²) in [5.41, 5.74) is 2.22. The molecule has 0 saturated carbocycles. The quantitative estimate of drug-likeness (QED) is 0.216. The Morgan fingerprint density at radius 3 is 2.57 bits per heavy atom. The summed E-state index contributed by atoms with van der Waals surface area (Å²) in [5.74, 6) is 0.687. The van der Waals surface area contributed by atoms with E-state index in [1.165, 1.54) is 31.2 Å². The third kappa shape index (κ3) is 11.6. The highest BCUT2D eigenvalue weighted by Crippen LogP contribution is 2.19. The maximum absolute atomic E-state index is 14.3. The molecule has 0 spiro atoms. The SMILES string of the molecule is C=C/N=C/C(=N/C)C(/F)=C\C(C)NC(=C)CC(/C=C/CCS)C/C(=C/C)NC. The Morgan fingerprint density at radius 2 is 2.04 bits per heavy atom. The summed E-state index contributed by atoms with van der Waals surface area (Å²) in [6.07, 6.45) is 13.2. The second-order valence-corrected chi connectivity index (χ2v) is 6.74. The maximum Gasteiger partial charge on any atom is 0.147 e. The molecule has 2 atom stereocenters. The summed E-state index contributed by atoms with van der Waals surface area (Å²) in [5, 5.41) is 6.48. The lowest BCUT2D eigenvalue weighted by Crippen LogP contribution is -2.25. The third-order valence-electron chi connectivity index (χ3n) is 3.98. The number of aliphatic imine (C=N–C) groups is 2. The number of halogens is 1. The summed E-state index contributed by atoms with van der Waals surface area (Å²) in [7, 11) is 3.45. The second-order valence-electron chi connectivity index (χ2n) is 6.29. The van der Waals surface area contributed by atoms with Crippen LogP contribution in [0, 0.1) is 5.92 Å². The normalized spacial score (nSPS) is 15.7. The fourth-order valence-corrected chi connectivity index (χ4v) is 2.76. The van der Waals surface area contributed by atoms with E-state index >= 15 is 0 Å². The van der Waals surface area contributed by atoms with Crippen LogP contribution in [-0.4, -0.2) is 37.8 Å². The van der Waals surface area contributed by atoms with Crippen molar-refractivity contribution in [1.29, 1.82) is 0 Å². The molecule has 156 valence electrons. The van der Waals surface area contributed by atoms with Crippen LogP contribution in [0.3, 0.4) is 0 Å². The second kappa shape index (κ2) is 15.9. The molecular weight excluding hydrogens is 371 g/mol. The van der Waals surface area contributed by atoms with Gasteiger partial charge in [-0.25, -0.2) is 4.39 Å². The van der Waals surface area contributed by atoms with E-state index in [-0.39, 0.29) is 11.8 Å². The third-order valence-corrected chi connectivity index (χ3v) is 4.24. The Morgan fingerprint density at radius 1 is 1.32 bits per heavy atom. The van der Waals surface area contributed by atoms with Gasteiger partial charge in [0.15, 0.2) is 0 Å². The largest absolute Gasteiger partial charge is 0.392 e. The highest BCUT2D eigenvalue weighted by Gasteiger charge is 2.12. The van der Waals surface area contributed by atoms with E-state index in [0.29, 0.717) is 5.92 Å². The lowest BCUT2D eigenvalue weighted by Gasteiger charge is -2.20. The zero-order valence-electron chi connectivity index (χ0n) is 17.6. The number of thiol groups is 1.